The predicted molar refractivity (Wildman–Crippen MR) is 97.3 cm³/mol. The average molecular weight is 377 g/mol. The molecule has 2 aromatic rings. The SMILES string of the molecule is CCOC(=O)c1cc(C#N)c(SCCOc2ccccc2Cl)nc1C. The summed E-state index contributed by atoms with van der Waals surface area (Å²) in [4.78, 5) is 16.3. The summed E-state index contributed by atoms with van der Waals surface area (Å²) in [7, 11) is 0. The summed E-state index contributed by atoms with van der Waals surface area (Å²) in [6.45, 7) is 4.14. The molecule has 1 heterocycles. The van der Waals surface area contributed by atoms with Crippen molar-refractivity contribution in [2.75, 3.05) is 19.0 Å². The summed E-state index contributed by atoms with van der Waals surface area (Å²) in [6, 6.07) is 10.8. The Morgan fingerprint density at radius 1 is 1.40 bits per heavy atom. The molecule has 0 saturated heterocycles. The highest BCUT2D eigenvalue weighted by molar-refractivity contribution is 7.99. The van der Waals surface area contributed by atoms with Gasteiger partial charge in [0.1, 0.15) is 16.8 Å². The van der Waals surface area contributed by atoms with Crippen LogP contribution in [0.5, 0.6) is 5.75 Å². The van der Waals surface area contributed by atoms with Crippen LogP contribution in [0.2, 0.25) is 5.02 Å². The van der Waals surface area contributed by atoms with Gasteiger partial charge in [-0.3, -0.25) is 0 Å². The molecule has 0 aliphatic rings. The van der Waals surface area contributed by atoms with E-state index in [0.717, 1.165) is 0 Å². The van der Waals surface area contributed by atoms with Crippen LogP contribution in [0.15, 0.2) is 35.4 Å². The normalized spacial score (nSPS) is 10.2. The molecule has 25 heavy (non-hydrogen) atoms. The van der Waals surface area contributed by atoms with Crippen molar-refractivity contribution >= 4 is 29.3 Å². The fourth-order valence-electron chi connectivity index (χ4n) is 2.04. The Bertz CT molecular complexity index is 805. The van der Waals surface area contributed by atoms with Crippen molar-refractivity contribution in [3.8, 4) is 11.8 Å². The van der Waals surface area contributed by atoms with E-state index >= 15 is 0 Å². The number of carbonyl (C=O) groups excluding carboxylic acids is 1. The zero-order chi connectivity index (χ0) is 18.2. The van der Waals surface area contributed by atoms with Crippen molar-refractivity contribution < 1.29 is 14.3 Å². The van der Waals surface area contributed by atoms with Gasteiger partial charge in [-0.25, -0.2) is 9.78 Å². The smallest absolute Gasteiger partial charge is 0.340 e. The van der Waals surface area contributed by atoms with Gasteiger partial charge in [-0.1, -0.05) is 23.7 Å². The number of esters is 1. The number of para-hydroxylation sites is 1. The molecule has 1 aromatic heterocycles. The van der Waals surface area contributed by atoms with Crippen LogP contribution in [0, 0.1) is 18.3 Å². The number of hydrogen-bond acceptors (Lipinski definition) is 6. The number of aryl methyl sites for hydroxylation is 1. The highest BCUT2D eigenvalue weighted by Crippen LogP contribution is 2.25. The van der Waals surface area contributed by atoms with E-state index in [4.69, 9.17) is 21.1 Å². The fraction of sp³-hybridized carbons (Fsp3) is 0.278. The van der Waals surface area contributed by atoms with Gasteiger partial charge in [0.2, 0.25) is 0 Å². The summed E-state index contributed by atoms with van der Waals surface area (Å²) in [5, 5.41) is 10.4. The van der Waals surface area contributed by atoms with Crippen LogP contribution in [0.4, 0.5) is 0 Å². The largest absolute Gasteiger partial charge is 0.491 e. The van der Waals surface area contributed by atoms with Crippen LogP contribution in [0.25, 0.3) is 0 Å². The Kier molecular flexibility index (Phi) is 7.11. The molecule has 130 valence electrons. The minimum absolute atomic E-state index is 0.274. The lowest BCUT2D eigenvalue weighted by Crippen LogP contribution is -2.09. The third kappa shape index (κ3) is 5.12. The minimum atomic E-state index is -0.470. The first-order valence-electron chi connectivity index (χ1n) is 7.65. The molecule has 0 bridgehead atoms. The first kappa shape index (κ1) is 19.1. The quantitative estimate of drug-likeness (QED) is 0.408. The second-order valence-corrected chi connectivity index (χ2v) is 6.42. The molecule has 0 fully saturated rings. The van der Waals surface area contributed by atoms with E-state index in [1.54, 1.807) is 26.0 Å². The second kappa shape index (κ2) is 9.30. The van der Waals surface area contributed by atoms with Crippen LogP contribution < -0.4 is 4.74 Å². The number of benzene rings is 1. The summed E-state index contributed by atoms with van der Waals surface area (Å²) < 4.78 is 10.6. The van der Waals surface area contributed by atoms with E-state index in [-0.39, 0.29) is 6.61 Å². The van der Waals surface area contributed by atoms with Crippen molar-refractivity contribution in [3.63, 3.8) is 0 Å². The van der Waals surface area contributed by atoms with Crippen molar-refractivity contribution in [2.45, 2.75) is 18.9 Å². The third-order valence-corrected chi connectivity index (χ3v) is 4.48. The number of rotatable bonds is 7. The molecular weight excluding hydrogens is 360 g/mol. The Hall–Kier alpha value is -2.23. The highest BCUT2D eigenvalue weighted by Gasteiger charge is 2.16. The third-order valence-electron chi connectivity index (χ3n) is 3.21. The van der Waals surface area contributed by atoms with Gasteiger partial charge in [-0.2, -0.15) is 5.26 Å². The number of carbonyl (C=O) groups is 1. The number of halogens is 1. The maximum absolute atomic E-state index is 11.9. The lowest BCUT2D eigenvalue weighted by Gasteiger charge is -2.10. The number of nitriles is 1. The van der Waals surface area contributed by atoms with Gasteiger partial charge in [0.05, 0.1) is 35.1 Å². The van der Waals surface area contributed by atoms with Crippen LogP contribution in [0.1, 0.15) is 28.5 Å². The Labute approximate surface area is 155 Å². The maximum atomic E-state index is 11.9. The van der Waals surface area contributed by atoms with Gasteiger partial charge in [0.25, 0.3) is 0 Å². The molecule has 0 radical (unpaired) electrons. The molecule has 0 amide bonds. The molecule has 0 aliphatic carbocycles. The van der Waals surface area contributed by atoms with Crippen LogP contribution >= 0.6 is 23.4 Å². The first-order valence-corrected chi connectivity index (χ1v) is 9.02. The Balaban J connectivity index is 2.02. The monoisotopic (exact) mass is 376 g/mol. The van der Waals surface area contributed by atoms with Crippen molar-refractivity contribution in [2.24, 2.45) is 0 Å². The van der Waals surface area contributed by atoms with Crippen LogP contribution in [-0.2, 0) is 4.74 Å². The topological polar surface area (TPSA) is 72.2 Å². The zero-order valence-electron chi connectivity index (χ0n) is 13.9. The van der Waals surface area contributed by atoms with Crippen molar-refractivity contribution in [1.29, 1.82) is 5.26 Å². The standard InChI is InChI=1S/C18H17ClN2O3S/c1-3-23-18(22)14-10-13(11-20)17(21-12(14)2)25-9-8-24-16-7-5-4-6-15(16)19/h4-7,10H,3,8-9H2,1-2H3. The molecular formula is C18H17ClN2O3S. The summed E-state index contributed by atoms with van der Waals surface area (Å²) in [5.74, 6) is 0.736. The predicted octanol–water partition coefficient (Wildman–Crippen LogP) is 4.26. The number of aromatic nitrogens is 1. The second-order valence-electron chi connectivity index (χ2n) is 4.93. The van der Waals surface area contributed by atoms with Gasteiger partial charge < -0.3 is 9.47 Å². The Morgan fingerprint density at radius 3 is 2.84 bits per heavy atom. The molecule has 0 saturated carbocycles. The van der Waals surface area contributed by atoms with E-state index in [1.165, 1.54) is 17.8 Å². The molecule has 0 spiro atoms. The number of ether oxygens (including phenoxy) is 2. The molecule has 0 unspecified atom stereocenters. The number of thioether (sulfide) groups is 1. The molecule has 0 aliphatic heterocycles. The molecule has 2 rings (SSSR count). The molecule has 5 nitrogen and oxygen atoms in total. The van der Waals surface area contributed by atoms with Crippen LogP contribution in [-0.4, -0.2) is 29.9 Å². The molecule has 0 atom stereocenters. The number of pyridine rings is 1. The van der Waals surface area contributed by atoms with Gasteiger partial charge >= 0.3 is 5.97 Å². The van der Waals surface area contributed by atoms with Gasteiger partial charge in [-0.05, 0) is 32.0 Å². The van der Waals surface area contributed by atoms with Gasteiger partial charge in [0.15, 0.2) is 0 Å². The lowest BCUT2D eigenvalue weighted by atomic mass is 10.1. The van der Waals surface area contributed by atoms with E-state index in [0.29, 0.717) is 45.0 Å². The first-order chi connectivity index (χ1) is 12.1. The van der Waals surface area contributed by atoms with E-state index in [9.17, 15) is 10.1 Å². The summed E-state index contributed by atoms with van der Waals surface area (Å²) in [6.07, 6.45) is 0. The molecule has 1 aromatic carbocycles. The molecule has 7 heteroatoms. The van der Waals surface area contributed by atoms with Crippen molar-refractivity contribution in [3.05, 3.63) is 52.2 Å². The Morgan fingerprint density at radius 2 is 2.16 bits per heavy atom. The number of hydrogen-bond donors (Lipinski definition) is 0. The van der Waals surface area contributed by atoms with E-state index in [1.807, 2.05) is 12.1 Å². The maximum Gasteiger partial charge on any atom is 0.340 e. The van der Waals surface area contributed by atoms with E-state index < -0.39 is 5.97 Å². The van der Waals surface area contributed by atoms with Gasteiger partial charge in [-0.15, -0.1) is 11.8 Å². The van der Waals surface area contributed by atoms with Crippen molar-refractivity contribution in [1.82, 2.24) is 4.98 Å². The highest BCUT2D eigenvalue weighted by atomic mass is 35.5. The van der Waals surface area contributed by atoms with Crippen LogP contribution in [0.3, 0.4) is 0 Å². The fourth-order valence-corrected chi connectivity index (χ4v) is 3.05. The summed E-state index contributed by atoms with van der Waals surface area (Å²) >= 11 is 7.42. The number of nitrogens with zero attached hydrogens (tertiary/aromatic N) is 2. The average Bonchev–Trinajstić information content (AvgIpc) is 2.60. The summed E-state index contributed by atoms with van der Waals surface area (Å²) in [5.41, 5.74) is 1.19. The van der Waals surface area contributed by atoms with E-state index in [2.05, 4.69) is 11.1 Å². The van der Waals surface area contributed by atoms with Gasteiger partial charge in [0, 0.05) is 5.75 Å². The zero-order valence-corrected chi connectivity index (χ0v) is 15.5. The lowest BCUT2D eigenvalue weighted by molar-refractivity contribution is 0.0524. The molecule has 0 N–H and O–H groups in total. The minimum Gasteiger partial charge on any atom is -0.491 e.